The summed E-state index contributed by atoms with van der Waals surface area (Å²) in [6.07, 6.45) is 2.20. The Bertz CT molecular complexity index is 159. The van der Waals surface area contributed by atoms with E-state index < -0.39 is 0 Å². The second-order valence-corrected chi connectivity index (χ2v) is 3.15. The van der Waals surface area contributed by atoms with Gasteiger partial charge in [-0.05, 0) is 25.2 Å². The lowest BCUT2D eigenvalue weighted by Gasteiger charge is -2.07. The summed E-state index contributed by atoms with van der Waals surface area (Å²) in [5, 5.41) is 0. The van der Waals surface area contributed by atoms with Crippen LogP contribution in [0.1, 0.15) is 27.2 Å². The fourth-order valence-electron chi connectivity index (χ4n) is 0.486. The van der Waals surface area contributed by atoms with Crippen LogP contribution >= 0.6 is 12.6 Å². The molecule has 0 aromatic rings. The Hall–Kier alpha value is -0.440. The number of carbonyl (C=O) groups is 1. The van der Waals surface area contributed by atoms with E-state index in [0.29, 0.717) is 4.91 Å². The van der Waals surface area contributed by atoms with E-state index >= 15 is 0 Å². The maximum Gasteiger partial charge on any atom is 0.331 e. The van der Waals surface area contributed by atoms with Crippen LogP contribution in [0.4, 0.5) is 0 Å². The molecule has 11 heavy (non-hydrogen) atoms. The second-order valence-electron chi connectivity index (χ2n) is 2.44. The van der Waals surface area contributed by atoms with Crippen LogP contribution < -0.4 is 0 Å². The van der Waals surface area contributed by atoms with Crippen molar-refractivity contribution in [3.05, 3.63) is 11.0 Å². The molecular formula is C8H14O2S. The van der Waals surface area contributed by atoms with Crippen molar-refractivity contribution in [2.24, 2.45) is 0 Å². The van der Waals surface area contributed by atoms with E-state index in [0.717, 1.165) is 6.42 Å². The molecule has 0 spiro atoms. The molecule has 0 aliphatic heterocycles. The molecule has 0 bridgehead atoms. The zero-order valence-electron chi connectivity index (χ0n) is 7.13. The summed E-state index contributed by atoms with van der Waals surface area (Å²) in [4.78, 5) is 11.5. The van der Waals surface area contributed by atoms with E-state index in [9.17, 15) is 4.79 Å². The Morgan fingerprint density at radius 2 is 2.27 bits per heavy atom. The average Bonchev–Trinajstić information content (AvgIpc) is 1.85. The second kappa shape index (κ2) is 5.24. The van der Waals surface area contributed by atoms with Crippen molar-refractivity contribution < 1.29 is 9.53 Å². The molecule has 64 valence electrons. The molecule has 0 fully saturated rings. The normalized spacial score (nSPS) is 14.4. The molecule has 0 aliphatic carbocycles. The van der Waals surface area contributed by atoms with E-state index in [4.69, 9.17) is 4.74 Å². The van der Waals surface area contributed by atoms with Crippen molar-refractivity contribution >= 4 is 18.6 Å². The smallest absolute Gasteiger partial charge is 0.331 e. The minimum absolute atomic E-state index is 0.00793. The fraction of sp³-hybridized carbons (Fsp3) is 0.625. The standard InChI is InChI=1S/C8H14O2S/c1-4-6(2)10-8(9)5-7(3)11/h5-6,11H,4H2,1-3H3. The number of thiol groups is 1. The zero-order chi connectivity index (χ0) is 8.85. The summed E-state index contributed by atoms with van der Waals surface area (Å²) in [6.45, 7) is 5.57. The molecule has 0 saturated carbocycles. The first-order valence-corrected chi connectivity index (χ1v) is 4.08. The quantitative estimate of drug-likeness (QED) is 0.403. The van der Waals surface area contributed by atoms with E-state index in [2.05, 4.69) is 12.6 Å². The highest BCUT2D eigenvalue weighted by molar-refractivity contribution is 7.84. The average molecular weight is 174 g/mol. The van der Waals surface area contributed by atoms with Gasteiger partial charge in [0, 0.05) is 6.08 Å². The maximum absolute atomic E-state index is 10.9. The maximum atomic E-state index is 10.9. The third-order valence-electron chi connectivity index (χ3n) is 1.22. The molecule has 0 heterocycles. The van der Waals surface area contributed by atoms with Crippen molar-refractivity contribution in [1.29, 1.82) is 0 Å². The minimum atomic E-state index is -0.313. The largest absolute Gasteiger partial charge is 0.460 e. The third-order valence-corrected chi connectivity index (χ3v) is 1.35. The molecule has 0 rings (SSSR count). The van der Waals surface area contributed by atoms with Crippen LogP contribution in [0.2, 0.25) is 0 Å². The number of hydrogen-bond donors (Lipinski definition) is 1. The van der Waals surface area contributed by atoms with Crippen molar-refractivity contribution in [2.75, 3.05) is 0 Å². The van der Waals surface area contributed by atoms with Crippen LogP contribution in [-0.4, -0.2) is 12.1 Å². The molecule has 1 unspecified atom stereocenters. The van der Waals surface area contributed by atoms with Crippen molar-refractivity contribution in [3.8, 4) is 0 Å². The van der Waals surface area contributed by atoms with Crippen LogP contribution in [0.15, 0.2) is 11.0 Å². The lowest BCUT2D eigenvalue weighted by molar-refractivity contribution is -0.142. The van der Waals surface area contributed by atoms with Gasteiger partial charge in [0.1, 0.15) is 0 Å². The van der Waals surface area contributed by atoms with Gasteiger partial charge in [0.2, 0.25) is 0 Å². The van der Waals surface area contributed by atoms with Gasteiger partial charge in [-0.1, -0.05) is 6.92 Å². The number of carbonyl (C=O) groups excluding carboxylic acids is 1. The Kier molecular flexibility index (Phi) is 5.03. The topological polar surface area (TPSA) is 26.3 Å². The first-order valence-electron chi connectivity index (χ1n) is 3.64. The summed E-state index contributed by atoms with van der Waals surface area (Å²) in [5.41, 5.74) is 0. The highest BCUT2D eigenvalue weighted by Crippen LogP contribution is 2.01. The van der Waals surface area contributed by atoms with Gasteiger partial charge < -0.3 is 4.74 Å². The molecule has 0 aromatic carbocycles. The minimum Gasteiger partial charge on any atom is -0.460 e. The number of allylic oxidation sites excluding steroid dienone is 1. The van der Waals surface area contributed by atoms with Gasteiger partial charge >= 0.3 is 5.97 Å². The number of esters is 1. The first-order chi connectivity index (χ1) is 5.06. The molecule has 3 heteroatoms. The Labute approximate surface area is 73.0 Å². The fourth-order valence-corrected chi connectivity index (χ4v) is 0.592. The summed E-state index contributed by atoms with van der Waals surface area (Å²) in [7, 11) is 0. The molecule has 0 aliphatic rings. The number of ether oxygens (including phenoxy) is 1. The van der Waals surface area contributed by atoms with Gasteiger partial charge in [0.25, 0.3) is 0 Å². The number of hydrogen-bond acceptors (Lipinski definition) is 3. The zero-order valence-corrected chi connectivity index (χ0v) is 8.02. The van der Waals surface area contributed by atoms with Crippen LogP contribution in [0, 0.1) is 0 Å². The van der Waals surface area contributed by atoms with Crippen molar-refractivity contribution in [2.45, 2.75) is 33.3 Å². The lowest BCUT2D eigenvalue weighted by Crippen LogP contribution is -2.11. The Morgan fingerprint density at radius 1 is 1.73 bits per heavy atom. The molecule has 2 nitrogen and oxygen atoms in total. The predicted molar refractivity (Wildman–Crippen MR) is 48.6 cm³/mol. The van der Waals surface area contributed by atoms with Crippen molar-refractivity contribution in [3.63, 3.8) is 0 Å². The summed E-state index contributed by atoms with van der Waals surface area (Å²) in [5.74, 6) is -0.313. The van der Waals surface area contributed by atoms with E-state index in [1.165, 1.54) is 6.08 Å². The first kappa shape index (κ1) is 10.6. The van der Waals surface area contributed by atoms with Gasteiger partial charge in [0.15, 0.2) is 0 Å². The monoisotopic (exact) mass is 174 g/mol. The molecule has 0 saturated heterocycles. The van der Waals surface area contributed by atoms with E-state index in [1.807, 2.05) is 13.8 Å². The van der Waals surface area contributed by atoms with Gasteiger partial charge in [-0.2, -0.15) is 0 Å². The molecule has 0 radical (unpaired) electrons. The van der Waals surface area contributed by atoms with Crippen molar-refractivity contribution in [1.82, 2.24) is 0 Å². The Balaban J connectivity index is 3.79. The molecule has 1 atom stereocenters. The molecule has 0 aromatic heterocycles. The van der Waals surface area contributed by atoms with E-state index in [1.54, 1.807) is 6.92 Å². The Morgan fingerprint density at radius 3 is 2.64 bits per heavy atom. The molecular weight excluding hydrogens is 160 g/mol. The molecule has 0 N–H and O–H groups in total. The van der Waals surface area contributed by atoms with Gasteiger partial charge in [0.05, 0.1) is 6.10 Å². The highest BCUT2D eigenvalue weighted by Gasteiger charge is 2.03. The SMILES string of the molecule is CCC(C)OC(=O)C=C(C)S. The summed E-state index contributed by atoms with van der Waals surface area (Å²) >= 11 is 3.95. The summed E-state index contributed by atoms with van der Waals surface area (Å²) < 4.78 is 4.95. The van der Waals surface area contributed by atoms with Crippen LogP contribution in [0.3, 0.4) is 0 Å². The lowest BCUT2D eigenvalue weighted by atomic mass is 10.3. The van der Waals surface area contributed by atoms with Crippen LogP contribution in [-0.2, 0) is 9.53 Å². The van der Waals surface area contributed by atoms with E-state index in [-0.39, 0.29) is 12.1 Å². The van der Waals surface area contributed by atoms with Crippen LogP contribution in [0.5, 0.6) is 0 Å². The van der Waals surface area contributed by atoms with Gasteiger partial charge in [-0.25, -0.2) is 4.79 Å². The number of rotatable bonds is 3. The predicted octanol–water partition coefficient (Wildman–Crippen LogP) is 2.16. The van der Waals surface area contributed by atoms with Crippen LogP contribution in [0.25, 0.3) is 0 Å². The molecule has 0 amide bonds. The summed E-state index contributed by atoms with van der Waals surface area (Å²) in [6, 6.07) is 0. The van der Waals surface area contributed by atoms with Gasteiger partial charge in [-0.3, -0.25) is 0 Å². The third kappa shape index (κ3) is 5.98. The van der Waals surface area contributed by atoms with Gasteiger partial charge in [-0.15, -0.1) is 12.6 Å². The highest BCUT2D eigenvalue weighted by atomic mass is 32.1.